The van der Waals surface area contributed by atoms with Gasteiger partial charge in [0.15, 0.2) is 6.29 Å². The number of benzene rings is 3. The number of imidazole rings is 1. The van der Waals surface area contributed by atoms with E-state index >= 15 is 0 Å². The first-order chi connectivity index (χ1) is 14.7. The Morgan fingerprint density at radius 3 is 2.37 bits per heavy atom. The molecule has 0 aliphatic rings. The Bertz CT molecular complexity index is 1360. The highest BCUT2D eigenvalue weighted by atomic mass is 19.1. The van der Waals surface area contributed by atoms with Gasteiger partial charge in [0.2, 0.25) is 0 Å². The molecule has 144 valence electrons. The summed E-state index contributed by atoms with van der Waals surface area (Å²) < 4.78 is 13.5. The van der Waals surface area contributed by atoms with Crippen molar-refractivity contribution in [2.45, 2.75) is 0 Å². The van der Waals surface area contributed by atoms with Gasteiger partial charge < -0.3 is 4.98 Å². The second-order valence-corrected chi connectivity index (χ2v) is 6.92. The van der Waals surface area contributed by atoms with E-state index in [-0.39, 0.29) is 5.82 Å². The minimum absolute atomic E-state index is 0.308. The monoisotopic (exact) mass is 393 g/mol. The number of aromatic nitrogens is 3. The molecule has 0 spiro atoms. The van der Waals surface area contributed by atoms with Crippen LogP contribution in [0.25, 0.3) is 44.7 Å². The van der Waals surface area contributed by atoms with Gasteiger partial charge in [0.25, 0.3) is 0 Å². The maximum absolute atomic E-state index is 13.5. The van der Waals surface area contributed by atoms with E-state index in [1.807, 2.05) is 48.5 Å². The summed E-state index contributed by atoms with van der Waals surface area (Å²) in [5.41, 5.74) is 4.43. The van der Waals surface area contributed by atoms with Gasteiger partial charge in [0.1, 0.15) is 11.6 Å². The molecule has 0 atom stereocenters. The highest BCUT2D eigenvalue weighted by Gasteiger charge is 2.18. The Balaban J connectivity index is 1.75. The minimum atomic E-state index is -0.308. The second kappa shape index (κ2) is 7.37. The SMILES string of the molecule is O=Cc1c(-c2nc(-c3ccc(F)cc3)c(-c3ccncc3)[nH]2)ccc2ccccc12. The number of carbonyl (C=O) groups is 1. The van der Waals surface area contributed by atoms with Crippen molar-refractivity contribution in [1.29, 1.82) is 0 Å². The molecule has 2 aromatic heterocycles. The lowest BCUT2D eigenvalue weighted by Gasteiger charge is -2.06. The van der Waals surface area contributed by atoms with Crippen molar-refractivity contribution in [1.82, 2.24) is 15.0 Å². The van der Waals surface area contributed by atoms with Crippen LogP contribution in [0.15, 0.2) is 85.2 Å². The second-order valence-electron chi connectivity index (χ2n) is 6.92. The Morgan fingerprint density at radius 2 is 1.60 bits per heavy atom. The number of pyridine rings is 1. The summed E-state index contributed by atoms with van der Waals surface area (Å²) in [7, 11) is 0. The molecule has 1 N–H and O–H groups in total. The first-order valence-electron chi connectivity index (χ1n) is 9.48. The standard InChI is InChI=1S/C25H16FN3O/c26-19-8-5-17(6-9-19)23-24(18-11-13-27-14-12-18)29-25(28-23)21-10-7-16-3-1-2-4-20(16)22(21)15-30/h1-15H,(H,28,29). The molecule has 5 rings (SSSR count). The Kier molecular flexibility index (Phi) is 4.41. The number of carbonyl (C=O) groups excluding carboxylic acids is 1. The number of H-pyrrole nitrogens is 1. The third-order valence-electron chi connectivity index (χ3n) is 5.13. The zero-order valence-electron chi connectivity index (χ0n) is 15.8. The highest BCUT2D eigenvalue weighted by Crippen LogP contribution is 2.35. The first kappa shape index (κ1) is 17.9. The van der Waals surface area contributed by atoms with Crippen LogP contribution in [0, 0.1) is 5.82 Å². The van der Waals surface area contributed by atoms with E-state index in [1.54, 1.807) is 24.5 Å². The molecule has 3 aromatic carbocycles. The topological polar surface area (TPSA) is 58.6 Å². The van der Waals surface area contributed by atoms with Gasteiger partial charge in [0.05, 0.1) is 11.4 Å². The molecule has 0 saturated carbocycles. The predicted molar refractivity (Wildman–Crippen MR) is 116 cm³/mol. The lowest BCUT2D eigenvalue weighted by atomic mass is 9.99. The van der Waals surface area contributed by atoms with E-state index in [0.717, 1.165) is 33.9 Å². The van der Waals surface area contributed by atoms with Crippen LogP contribution in [-0.4, -0.2) is 21.2 Å². The van der Waals surface area contributed by atoms with Crippen LogP contribution in [0.2, 0.25) is 0 Å². The summed E-state index contributed by atoms with van der Waals surface area (Å²) in [4.78, 5) is 24.3. The third kappa shape index (κ3) is 3.06. The smallest absolute Gasteiger partial charge is 0.151 e. The fourth-order valence-electron chi connectivity index (χ4n) is 3.67. The van der Waals surface area contributed by atoms with E-state index in [4.69, 9.17) is 4.98 Å². The summed E-state index contributed by atoms with van der Waals surface area (Å²) in [6.07, 6.45) is 4.28. The number of aldehydes is 1. The van der Waals surface area contributed by atoms with Gasteiger partial charge >= 0.3 is 0 Å². The summed E-state index contributed by atoms with van der Waals surface area (Å²) in [6.45, 7) is 0. The van der Waals surface area contributed by atoms with E-state index in [0.29, 0.717) is 22.6 Å². The number of fused-ring (bicyclic) bond motifs is 1. The van der Waals surface area contributed by atoms with Crippen LogP contribution in [0.5, 0.6) is 0 Å². The van der Waals surface area contributed by atoms with Crippen molar-refractivity contribution in [3.05, 3.63) is 96.6 Å². The number of aromatic amines is 1. The molecule has 0 aliphatic carbocycles. The molecule has 0 amide bonds. The zero-order valence-corrected chi connectivity index (χ0v) is 15.8. The molecular weight excluding hydrogens is 377 g/mol. The maximum atomic E-state index is 13.5. The van der Waals surface area contributed by atoms with E-state index in [2.05, 4.69) is 9.97 Å². The molecule has 0 unspecified atom stereocenters. The van der Waals surface area contributed by atoms with Gasteiger partial charge in [0, 0.05) is 34.6 Å². The van der Waals surface area contributed by atoms with E-state index < -0.39 is 0 Å². The third-order valence-corrected chi connectivity index (χ3v) is 5.13. The first-order valence-corrected chi connectivity index (χ1v) is 9.48. The van der Waals surface area contributed by atoms with Gasteiger partial charge in [-0.3, -0.25) is 9.78 Å². The number of hydrogen-bond donors (Lipinski definition) is 1. The lowest BCUT2D eigenvalue weighted by Crippen LogP contribution is -1.91. The Hall–Kier alpha value is -4.12. The average molecular weight is 393 g/mol. The minimum Gasteiger partial charge on any atom is -0.337 e. The summed E-state index contributed by atoms with van der Waals surface area (Å²) in [5, 5.41) is 1.86. The van der Waals surface area contributed by atoms with Crippen LogP contribution >= 0.6 is 0 Å². The van der Waals surface area contributed by atoms with Crippen LogP contribution in [-0.2, 0) is 0 Å². The molecule has 0 aliphatic heterocycles. The molecule has 0 fully saturated rings. The van der Waals surface area contributed by atoms with Crippen molar-refractivity contribution in [2.24, 2.45) is 0 Å². The van der Waals surface area contributed by atoms with E-state index in [1.165, 1.54) is 12.1 Å². The lowest BCUT2D eigenvalue weighted by molar-refractivity contribution is 0.112. The summed E-state index contributed by atoms with van der Waals surface area (Å²) in [6, 6.07) is 21.6. The highest BCUT2D eigenvalue weighted by molar-refractivity contribution is 6.04. The van der Waals surface area contributed by atoms with Gasteiger partial charge in [-0.15, -0.1) is 0 Å². The molecular formula is C25H16FN3O. The Labute approximate surface area is 172 Å². The molecule has 0 saturated heterocycles. The largest absolute Gasteiger partial charge is 0.337 e. The van der Waals surface area contributed by atoms with Crippen LogP contribution in [0.1, 0.15) is 10.4 Å². The van der Waals surface area contributed by atoms with Gasteiger partial charge in [-0.1, -0.05) is 30.3 Å². The normalized spacial score (nSPS) is 11.0. The fourth-order valence-corrected chi connectivity index (χ4v) is 3.67. The van der Waals surface area contributed by atoms with Gasteiger partial charge in [-0.05, 0) is 53.2 Å². The molecule has 0 radical (unpaired) electrons. The number of rotatable bonds is 4. The van der Waals surface area contributed by atoms with Gasteiger partial charge in [-0.2, -0.15) is 0 Å². The number of nitrogens with zero attached hydrogens (tertiary/aromatic N) is 2. The molecule has 2 heterocycles. The molecule has 0 bridgehead atoms. The zero-order chi connectivity index (χ0) is 20.5. The van der Waals surface area contributed by atoms with Crippen LogP contribution < -0.4 is 0 Å². The number of hydrogen-bond acceptors (Lipinski definition) is 3. The molecule has 5 aromatic rings. The van der Waals surface area contributed by atoms with Crippen molar-refractivity contribution in [3.8, 4) is 33.9 Å². The predicted octanol–water partition coefficient (Wildman–Crippen LogP) is 5.91. The van der Waals surface area contributed by atoms with Gasteiger partial charge in [-0.25, -0.2) is 9.37 Å². The van der Waals surface area contributed by atoms with Crippen molar-refractivity contribution in [2.75, 3.05) is 0 Å². The molecule has 4 nitrogen and oxygen atoms in total. The quantitative estimate of drug-likeness (QED) is 0.386. The van der Waals surface area contributed by atoms with Crippen molar-refractivity contribution < 1.29 is 9.18 Å². The summed E-state index contributed by atoms with van der Waals surface area (Å²) >= 11 is 0. The van der Waals surface area contributed by atoms with Crippen molar-refractivity contribution in [3.63, 3.8) is 0 Å². The molecule has 30 heavy (non-hydrogen) atoms. The fraction of sp³-hybridized carbons (Fsp3) is 0. The maximum Gasteiger partial charge on any atom is 0.151 e. The number of halogens is 1. The van der Waals surface area contributed by atoms with Crippen molar-refractivity contribution >= 4 is 17.1 Å². The summed E-state index contributed by atoms with van der Waals surface area (Å²) in [5.74, 6) is 0.270. The van der Waals surface area contributed by atoms with Crippen LogP contribution in [0.3, 0.4) is 0 Å². The Morgan fingerprint density at radius 1 is 0.833 bits per heavy atom. The average Bonchev–Trinajstić information content (AvgIpc) is 3.24. The van der Waals surface area contributed by atoms with E-state index in [9.17, 15) is 9.18 Å². The number of nitrogens with one attached hydrogen (secondary N) is 1. The molecule has 5 heteroatoms. The van der Waals surface area contributed by atoms with Crippen LogP contribution in [0.4, 0.5) is 4.39 Å².